The Bertz CT molecular complexity index is 684. The quantitative estimate of drug-likeness (QED) is 0.756. The lowest BCUT2D eigenvalue weighted by Crippen LogP contribution is -2.50. The molecule has 146 valence electrons. The number of nitrogens with one attached hydrogen (secondary N) is 1. The van der Waals surface area contributed by atoms with Crippen molar-refractivity contribution in [1.29, 1.82) is 0 Å². The first-order chi connectivity index (χ1) is 13.1. The summed E-state index contributed by atoms with van der Waals surface area (Å²) in [6, 6.07) is 13.0. The fourth-order valence-corrected chi connectivity index (χ4v) is 4.09. The van der Waals surface area contributed by atoms with Crippen LogP contribution in [0.3, 0.4) is 0 Å². The number of pyridine rings is 1. The predicted octanol–water partition coefficient (Wildman–Crippen LogP) is 3.90. The molecule has 27 heavy (non-hydrogen) atoms. The van der Waals surface area contributed by atoms with Gasteiger partial charge in [-0.2, -0.15) is 0 Å². The molecular weight excluding hydrogens is 358 g/mol. The molecule has 5 heteroatoms. The number of hydrogen-bond donors (Lipinski definition) is 2. The van der Waals surface area contributed by atoms with Crippen molar-refractivity contribution in [3.63, 3.8) is 0 Å². The molecule has 2 atom stereocenters. The Labute approximate surface area is 167 Å². The van der Waals surface area contributed by atoms with E-state index in [2.05, 4.69) is 47.2 Å². The van der Waals surface area contributed by atoms with Gasteiger partial charge in [-0.15, -0.1) is 0 Å². The summed E-state index contributed by atoms with van der Waals surface area (Å²) >= 11 is 6.08. The second-order valence-corrected chi connectivity index (χ2v) is 8.18. The summed E-state index contributed by atoms with van der Waals surface area (Å²) in [5.41, 5.74) is 2.36. The Hall–Kier alpha value is -1.46. The molecule has 2 unspecified atom stereocenters. The summed E-state index contributed by atoms with van der Waals surface area (Å²) in [6.45, 7) is 6.64. The maximum absolute atomic E-state index is 9.70. The first-order valence-corrected chi connectivity index (χ1v) is 10.2. The largest absolute Gasteiger partial charge is 0.395 e. The normalized spacial score (nSPS) is 18.6. The Morgan fingerprint density at radius 1 is 1.15 bits per heavy atom. The van der Waals surface area contributed by atoms with Gasteiger partial charge >= 0.3 is 0 Å². The van der Waals surface area contributed by atoms with Gasteiger partial charge in [0, 0.05) is 42.6 Å². The van der Waals surface area contributed by atoms with Gasteiger partial charge in [0.1, 0.15) is 0 Å². The molecule has 1 saturated heterocycles. The lowest BCUT2D eigenvalue weighted by atomic mass is 9.95. The fourth-order valence-electron chi connectivity index (χ4n) is 3.97. The molecular formula is C22H30ClN3O. The van der Waals surface area contributed by atoms with Gasteiger partial charge in [-0.05, 0) is 48.1 Å². The van der Waals surface area contributed by atoms with Gasteiger partial charge in [0.25, 0.3) is 0 Å². The zero-order valence-corrected chi connectivity index (χ0v) is 16.9. The third kappa shape index (κ3) is 5.29. The smallest absolute Gasteiger partial charge is 0.0594 e. The minimum absolute atomic E-state index is 0.103. The van der Waals surface area contributed by atoms with Crippen molar-refractivity contribution in [2.45, 2.75) is 44.8 Å². The van der Waals surface area contributed by atoms with Gasteiger partial charge in [0.05, 0.1) is 12.6 Å². The number of aliphatic hydroxyl groups is 1. The average molecular weight is 388 g/mol. The third-order valence-electron chi connectivity index (χ3n) is 5.58. The number of hydrogen-bond acceptors (Lipinski definition) is 4. The van der Waals surface area contributed by atoms with Gasteiger partial charge in [0.2, 0.25) is 0 Å². The Morgan fingerprint density at radius 3 is 2.41 bits per heavy atom. The number of nitrogens with zero attached hydrogens (tertiary/aromatic N) is 2. The van der Waals surface area contributed by atoms with Crippen LogP contribution in [0, 0.1) is 5.92 Å². The highest BCUT2D eigenvalue weighted by molar-refractivity contribution is 6.30. The minimum Gasteiger partial charge on any atom is -0.395 e. The molecule has 0 spiro atoms. The van der Waals surface area contributed by atoms with Crippen molar-refractivity contribution in [3.05, 3.63) is 64.9 Å². The lowest BCUT2D eigenvalue weighted by molar-refractivity contribution is 0.0657. The van der Waals surface area contributed by atoms with Crippen LogP contribution in [0.5, 0.6) is 0 Å². The highest BCUT2D eigenvalue weighted by atomic mass is 35.5. The summed E-state index contributed by atoms with van der Waals surface area (Å²) in [5.74, 6) is 0.469. The number of likely N-dealkylation sites (tertiary alicyclic amines) is 1. The number of piperidine rings is 1. The summed E-state index contributed by atoms with van der Waals surface area (Å²) in [5, 5.41) is 14.3. The third-order valence-corrected chi connectivity index (χ3v) is 5.83. The van der Waals surface area contributed by atoms with Crippen molar-refractivity contribution >= 4 is 11.6 Å². The van der Waals surface area contributed by atoms with Crippen LogP contribution in [-0.4, -0.2) is 46.8 Å². The number of aromatic nitrogens is 1. The van der Waals surface area contributed by atoms with Crippen LogP contribution in [-0.2, 0) is 0 Å². The van der Waals surface area contributed by atoms with E-state index in [1.807, 2.05) is 30.6 Å². The first-order valence-electron chi connectivity index (χ1n) is 9.85. The Kier molecular flexibility index (Phi) is 7.25. The van der Waals surface area contributed by atoms with Crippen molar-refractivity contribution < 1.29 is 5.11 Å². The molecule has 2 heterocycles. The molecule has 0 bridgehead atoms. The van der Waals surface area contributed by atoms with E-state index in [0.29, 0.717) is 12.0 Å². The summed E-state index contributed by atoms with van der Waals surface area (Å²) < 4.78 is 0. The van der Waals surface area contributed by atoms with E-state index < -0.39 is 0 Å². The van der Waals surface area contributed by atoms with Crippen molar-refractivity contribution in [2.75, 3.05) is 19.7 Å². The second kappa shape index (κ2) is 9.65. The Balaban J connectivity index is 1.70. The number of benzene rings is 1. The molecule has 2 N–H and O–H groups in total. The molecule has 1 aliphatic heterocycles. The molecule has 0 amide bonds. The van der Waals surface area contributed by atoms with Crippen LogP contribution in [0.25, 0.3) is 0 Å². The summed E-state index contributed by atoms with van der Waals surface area (Å²) in [7, 11) is 0. The molecule has 1 aromatic carbocycles. The summed E-state index contributed by atoms with van der Waals surface area (Å²) in [4.78, 5) is 6.74. The molecule has 1 fully saturated rings. The van der Waals surface area contributed by atoms with E-state index in [4.69, 9.17) is 11.6 Å². The SMILES string of the molecule is CC(C)C(CO)N1CCC(NC(c2ccc(Cl)cc2)c2cccnc2)CC1. The highest BCUT2D eigenvalue weighted by Crippen LogP contribution is 2.26. The number of rotatable bonds is 7. The monoisotopic (exact) mass is 387 g/mol. The van der Waals surface area contributed by atoms with Crippen LogP contribution in [0.1, 0.15) is 43.9 Å². The molecule has 1 aliphatic rings. The van der Waals surface area contributed by atoms with Gasteiger partial charge in [-0.1, -0.05) is 43.6 Å². The molecule has 0 aliphatic carbocycles. The van der Waals surface area contributed by atoms with E-state index in [9.17, 15) is 5.11 Å². The van der Waals surface area contributed by atoms with Crippen molar-refractivity contribution in [1.82, 2.24) is 15.2 Å². The van der Waals surface area contributed by atoms with Crippen LogP contribution in [0.4, 0.5) is 0 Å². The number of aliphatic hydroxyl groups excluding tert-OH is 1. The van der Waals surface area contributed by atoms with Crippen LogP contribution >= 0.6 is 11.6 Å². The molecule has 1 aromatic heterocycles. The van der Waals surface area contributed by atoms with Gasteiger partial charge in [-0.25, -0.2) is 0 Å². The maximum atomic E-state index is 9.70. The molecule has 0 saturated carbocycles. The fraction of sp³-hybridized carbons (Fsp3) is 0.500. The maximum Gasteiger partial charge on any atom is 0.0594 e. The summed E-state index contributed by atoms with van der Waals surface area (Å²) in [6.07, 6.45) is 5.89. The van der Waals surface area contributed by atoms with E-state index >= 15 is 0 Å². The standard InChI is InChI=1S/C22H30ClN3O/c1-16(2)21(15-27)26-12-9-20(10-13-26)25-22(18-4-3-11-24-14-18)17-5-7-19(23)8-6-17/h3-8,11,14,16,20-22,25,27H,9-10,12-13,15H2,1-2H3. The minimum atomic E-state index is 0.103. The zero-order chi connectivity index (χ0) is 19.2. The second-order valence-electron chi connectivity index (χ2n) is 7.74. The van der Waals surface area contributed by atoms with Gasteiger partial charge in [0.15, 0.2) is 0 Å². The zero-order valence-electron chi connectivity index (χ0n) is 16.2. The van der Waals surface area contributed by atoms with Crippen LogP contribution in [0.2, 0.25) is 5.02 Å². The highest BCUT2D eigenvalue weighted by Gasteiger charge is 2.28. The predicted molar refractivity (Wildman–Crippen MR) is 111 cm³/mol. The molecule has 4 nitrogen and oxygen atoms in total. The molecule has 3 rings (SSSR count). The molecule has 2 aromatic rings. The van der Waals surface area contributed by atoms with E-state index in [1.165, 1.54) is 5.56 Å². The van der Waals surface area contributed by atoms with Gasteiger partial charge in [-0.3, -0.25) is 9.88 Å². The molecule has 0 radical (unpaired) electrons. The Morgan fingerprint density at radius 2 is 1.85 bits per heavy atom. The van der Waals surface area contributed by atoms with E-state index in [0.717, 1.165) is 36.5 Å². The van der Waals surface area contributed by atoms with E-state index in [-0.39, 0.29) is 18.7 Å². The van der Waals surface area contributed by atoms with Crippen LogP contribution in [0.15, 0.2) is 48.8 Å². The topological polar surface area (TPSA) is 48.4 Å². The van der Waals surface area contributed by atoms with E-state index in [1.54, 1.807) is 0 Å². The number of halogens is 1. The lowest BCUT2D eigenvalue weighted by Gasteiger charge is -2.40. The van der Waals surface area contributed by atoms with Gasteiger partial charge < -0.3 is 10.4 Å². The van der Waals surface area contributed by atoms with Crippen LogP contribution < -0.4 is 5.32 Å². The first kappa shape index (κ1) is 20.3. The average Bonchev–Trinajstić information content (AvgIpc) is 2.69. The van der Waals surface area contributed by atoms with Crippen molar-refractivity contribution in [3.8, 4) is 0 Å². The van der Waals surface area contributed by atoms with Crippen molar-refractivity contribution in [2.24, 2.45) is 5.92 Å².